The van der Waals surface area contributed by atoms with Crippen molar-refractivity contribution in [1.29, 1.82) is 0 Å². The fourth-order valence-corrected chi connectivity index (χ4v) is 2.90. The Morgan fingerprint density at radius 1 is 1.41 bits per heavy atom. The summed E-state index contributed by atoms with van der Waals surface area (Å²) < 4.78 is 5.25. The molecule has 1 N–H and O–H groups in total. The zero-order chi connectivity index (χ0) is 12.0. The summed E-state index contributed by atoms with van der Waals surface area (Å²) in [5, 5.41) is 3.36. The van der Waals surface area contributed by atoms with E-state index in [1.165, 1.54) is 0 Å². The van der Waals surface area contributed by atoms with E-state index in [2.05, 4.69) is 5.32 Å². The summed E-state index contributed by atoms with van der Waals surface area (Å²) in [4.78, 5) is 14.1. The number of nitrogens with one attached hydrogen (secondary N) is 1. The molecule has 0 aromatic heterocycles. The molecule has 1 amide bonds. The van der Waals surface area contributed by atoms with Crippen molar-refractivity contribution in [2.24, 2.45) is 0 Å². The van der Waals surface area contributed by atoms with Gasteiger partial charge in [0.25, 0.3) is 5.91 Å². The van der Waals surface area contributed by atoms with Gasteiger partial charge in [-0.1, -0.05) is 0 Å². The number of amides is 1. The van der Waals surface area contributed by atoms with E-state index in [0.29, 0.717) is 5.92 Å². The Morgan fingerprint density at radius 3 is 3.00 bits per heavy atom. The molecule has 2 heterocycles. The molecule has 1 aromatic carbocycles. The van der Waals surface area contributed by atoms with Crippen LogP contribution in [0.5, 0.6) is 5.75 Å². The van der Waals surface area contributed by atoms with Crippen LogP contribution in [0.4, 0.5) is 0 Å². The molecule has 4 heteroatoms. The molecule has 2 aliphatic heterocycles. The third kappa shape index (κ3) is 1.44. The number of carbonyl (C=O) groups excluding carboxylic acids is 1. The number of ether oxygens (including phenoxy) is 1. The lowest BCUT2D eigenvalue weighted by Gasteiger charge is -2.35. The average molecular weight is 232 g/mol. The van der Waals surface area contributed by atoms with E-state index in [1.807, 2.05) is 30.1 Å². The molecule has 0 saturated carbocycles. The van der Waals surface area contributed by atoms with Crippen LogP contribution in [0.15, 0.2) is 18.2 Å². The van der Waals surface area contributed by atoms with Crippen molar-refractivity contribution in [3.8, 4) is 5.75 Å². The van der Waals surface area contributed by atoms with Gasteiger partial charge in [-0.15, -0.1) is 0 Å². The first kappa shape index (κ1) is 10.6. The van der Waals surface area contributed by atoms with E-state index in [0.717, 1.165) is 30.0 Å². The quantitative estimate of drug-likeness (QED) is 0.780. The molecule has 2 aliphatic rings. The molecule has 0 spiro atoms. The van der Waals surface area contributed by atoms with Gasteiger partial charge in [0.2, 0.25) is 0 Å². The Balaban J connectivity index is 2.13. The summed E-state index contributed by atoms with van der Waals surface area (Å²) in [5.41, 5.74) is 1.95. The molecule has 0 bridgehead atoms. The molecule has 0 radical (unpaired) electrons. The van der Waals surface area contributed by atoms with Crippen LogP contribution in [-0.2, 0) is 0 Å². The standard InChI is InChI=1S/C13H16N2O2/c1-15-12-7-14-6-11(12)10-5-8(17-2)3-4-9(10)13(15)16/h3-5,11-12,14H,6-7H2,1-2H3. The van der Waals surface area contributed by atoms with Crippen LogP contribution < -0.4 is 10.1 Å². The Morgan fingerprint density at radius 2 is 2.24 bits per heavy atom. The molecule has 2 atom stereocenters. The van der Waals surface area contributed by atoms with Crippen molar-refractivity contribution >= 4 is 5.91 Å². The fraction of sp³-hybridized carbons (Fsp3) is 0.462. The van der Waals surface area contributed by atoms with Gasteiger partial charge in [0.05, 0.1) is 13.2 Å². The predicted molar refractivity (Wildman–Crippen MR) is 64.5 cm³/mol. The molecule has 1 aromatic rings. The first-order valence-corrected chi connectivity index (χ1v) is 5.88. The molecular weight excluding hydrogens is 216 g/mol. The van der Waals surface area contributed by atoms with Crippen molar-refractivity contribution in [1.82, 2.24) is 10.2 Å². The van der Waals surface area contributed by atoms with Crippen molar-refractivity contribution in [2.45, 2.75) is 12.0 Å². The smallest absolute Gasteiger partial charge is 0.254 e. The topological polar surface area (TPSA) is 41.6 Å². The summed E-state index contributed by atoms with van der Waals surface area (Å²) in [6, 6.07) is 6.02. The zero-order valence-corrected chi connectivity index (χ0v) is 10.1. The summed E-state index contributed by atoms with van der Waals surface area (Å²) in [7, 11) is 3.54. The van der Waals surface area contributed by atoms with E-state index in [-0.39, 0.29) is 11.9 Å². The molecule has 1 fully saturated rings. The molecule has 4 nitrogen and oxygen atoms in total. The molecule has 2 unspecified atom stereocenters. The predicted octanol–water partition coefficient (Wildman–Crippen LogP) is 0.836. The third-order valence-electron chi connectivity index (χ3n) is 3.89. The number of rotatable bonds is 1. The lowest BCUT2D eigenvalue weighted by atomic mass is 9.85. The van der Waals surface area contributed by atoms with Gasteiger partial charge < -0.3 is 15.0 Å². The molecule has 90 valence electrons. The molecule has 1 saturated heterocycles. The van der Waals surface area contributed by atoms with E-state index < -0.39 is 0 Å². The maximum Gasteiger partial charge on any atom is 0.254 e. The highest BCUT2D eigenvalue weighted by Gasteiger charge is 2.40. The Bertz CT molecular complexity index is 472. The minimum Gasteiger partial charge on any atom is -0.497 e. The molecule has 0 aliphatic carbocycles. The second kappa shape index (κ2) is 3.74. The van der Waals surface area contributed by atoms with Gasteiger partial charge in [-0.3, -0.25) is 4.79 Å². The average Bonchev–Trinajstić information content (AvgIpc) is 2.84. The van der Waals surface area contributed by atoms with Crippen molar-refractivity contribution < 1.29 is 9.53 Å². The minimum atomic E-state index is 0.118. The number of fused-ring (bicyclic) bond motifs is 3. The van der Waals surface area contributed by atoms with Crippen LogP contribution >= 0.6 is 0 Å². The number of benzene rings is 1. The number of hydrogen-bond acceptors (Lipinski definition) is 3. The highest BCUT2D eigenvalue weighted by atomic mass is 16.5. The molecule has 17 heavy (non-hydrogen) atoms. The highest BCUT2D eigenvalue weighted by Crippen LogP contribution is 2.36. The number of likely N-dealkylation sites (N-methyl/N-ethyl adjacent to an activating group) is 1. The second-order valence-corrected chi connectivity index (χ2v) is 4.70. The summed E-state index contributed by atoms with van der Waals surface area (Å²) in [6.45, 7) is 1.81. The maximum atomic E-state index is 12.2. The van der Waals surface area contributed by atoms with Crippen LogP contribution in [0, 0.1) is 0 Å². The number of nitrogens with zero attached hydrogens (tertiary/aromatic N) is 1. The van der Waals surface area contributed by atoms with Crippen molar-refractivity contribution in [2.75, 3.05) is 27.2 Å². The first-order chi connectivity index (χ1) is 8.22. The first-order valence-electron chi connectivity index (χ1n) is 5.88. The van der Waals surface area contributed by atoms with Gasteiger partial charge in [-0.2, -0.15) is 0 Å². The summed E-state index contributed by atoms with van der Waals surface area (Å²) in [6.07, 6.45) is 0. The number of carbonyl (C=O) groups is 1. The Kier molecular flexibility index (Phi) is 2.33. The minimum absolute atomic E-state index is 0.118. The van der Waals surface area contributed by atoms with E-state index >= 15 is 0 Å². The van der Waals surface area contributed by atoms with Gasteiger partial charge in [0, 0.05) is 31.6 Å². The van der Waals surface area contributed by atoms with Gasteiger partial charge >= 0.3 is 0 Å². The summed E-state index contributed by atoms with van der Waals surface area (Å²) >= 11 is 0. The van der Waals surface area contributed by atoms with E-state index in [1.54, 1.807) is 7.11 Å². The van der Waals surface area contributed by atoms with Crippen LogP contribution in [0.3, 0.4) is 0 Å². The van der Waals surface area contributed by atoms with Crippen LogP contribution in [0.2, 0.25) is 0 Å². The SMILES string of the molecule is COc1ccc2c(c1)C1CNCC1N(C)C2=O. The van der Waals surface area contributed by atoms with Gasteiger partial charge in [-0.25, -0.2) is 0 Å². The van der Waals surface area contributed by atoms with E-state index in [4.69, 9.17) is 4.74 Å². The molecule has 3 rings (SSSR count). The summed E-state index contributed by atoms with van der Waals surface area (Å²) in [5.74, 6) is 1.34. The lowest BCUT2D eigenvalue weighted by Crippen LogP contribution is -2.45. The third-order valence-corrected chi connectivity index (χ3v) is 3.89. The van der Waals surface area contributed by atoms with Crippen LogP contribution in [0.25, 0.3) is 0 Å². The number of hydrogen-bond donors (Lipinski definition) is 1. The van der Waals surface area contributed by atoms with Gasteiger partial charge in [-0.05, 0) is 23.8 Å². The van der Waals surface area contributed by atoms with Gasteiger partial charge in [0.1, 0.15) is 5.75 Å². The van der Waals surface area contributed by atoms with Crippen molar-refractivity contribution in [3.63, 3.8) is 0 Å². The van der Waals surface area contributed by atoms with E-state index in [9.17, 15) is 4.79 Å². The Hall–Kier alpha value is -1.55. The normalized spacial score (nSPS) is 26.7. The largest absolute Gasteiger partial charge is 0.497 e. The molecular formula is C13H16N2O2. The van der Waals surface area contributed by atoms with Crippen LogP contribution in [-0.4, -0.2) is 44.1 Å². The maximum absolute atomic E-state index is 12.2. The number of methoxy groups -OCH3 is 1. The second-order valence-electron chi connectivity index (χ2n) is 4.70. The van der Waals surface area contributed by atoms with Crippen molar-refractivity contribution in [3.05, 3.63) is 29.3 Å². The Labute approximate surface area is 101 Å². The highest BCUT2D eigenvalue weighted by molar-refractivity contribution is 5.97. The van der Waals surface area contributed by atoms with Crippen LogP contribution in [0.1, 0.15) is 21.8 Å². The monoisotopic (exact) mass is 232 g/mol. The fourth-order valence-electron chi connectivity index (χ4n) is 2.90. The zero-order valence-electron chi connectivity index (χ0n) is 10.1. The lowest BCUT2D eigenvalue weighted by molar-refractivity contribution is 0.0706. The van der Waals surface area contributed by atoms with Gasteiger partial charge in [0.15, 0.2) is 0 Å².